The summed E-state index contributed by atoms with van der Waals surface area (Å²) < 4.78 is 6.20. The average Bonchev–Trinajstić information content (AvgIpc) is 3.54. The SMILES string of the molecule is C=CCn1c(SCC2=C(C(=O)O)N3C(=O)[C@@H](NC(=O)C(=NOC)c4csc(N)n4)[C@H]3SC2=C)nnc1C(=O)OC. The zero-order chi connectivity index (χ0) is 29.1. The number of thiazole rings is 1. The van der Waals surface area contributed by atoms with Gasteiger partial charge in [0.1, 0.15) is 29.9 Å². The summed E-state index contributed by atoms with van der Waals surface area (Å²) in [6.07, 6.45) is 1.54. The third-order valence-electron chi connectivity index (χ3n) is 5.56. The Labute approximate surface area is 239 Å². The minimum Gasteiger partial charge on any atom is -0.477 e. The molecule has 0 saturated carbocycles. The second-order valence-electron chi connectivity index (χ2n) is 7.90. The van der Waals surface area contributed by atoms with E-state index in [1.807, 2.05) is 0 Å². The number of thioether (sulfide) groups is 2. The standard InChI is InChI=1S/C22H22N8O7S3/c1-5-6-29-15(20(35)36-3)26-27-22(29)39-7-10-9(2)40-18-13(17(32)30(18)14(10)19(33)34)25-16(31)12(28-37-4)11-8-38-21(23)24-11/h5,8,13,18H,1-2,6-7H2,3-4H3,(H2,23,24)(H,25,31)(H,33,34)/t13-,18-/m1/s1. The van der Waals surface area contributed by atoms with Gasteiger partial charge in [-0.2, -0.15) is 0 Å². The molecule has 0 radical (unpaired) electrons. The highest BCUT2D eigenvalue weighted by Crippen LogP contribution is 2.47. The molecule has 4 N–H and O–H groups in total. The van der Waals surface area contributed by atoms with Gasteiger partial charge in [-0.15, -0.1) is 28.1 Å². The van der Waals surface area contributed by atoms with E-state index in [0.717, 1.165) is 39.8 Å². The van der Waals surface area contributed by atoms with Crippen molar-refractivity contribution in [2.45, 2.75) is 23.1 Å². The number of nitrogens with one attached hydrogen (secondary N) is 1. The lowest BCUT2D eigenvalue weighted by molar-refractivity contribution is -0.150. The zero-order valence-corrected chi connectivity index (χ0v) is 23.5. The summed E-state index contributed by atoms with van der Waals surface area (Å²) in [6.45, 7) is 7.86. The van der Waals surface area contributed by atoms with Gasteiger partial charge in [-0.1, -0.05) is 41.3 Å². The fourth-order valence-corrected chi connectivity index (χ4v) is 6.68. The number of nitrogen functional groups attached to an aromatic ring is 1. The molecule has 0 aromatic carbocycles. The average molecular weight is 607 g/mol. The fraction of sp³-hybridized carbons (Fsp3) is 0.273. The number of nitrogens with zero attached hydrogens (tertiary/aromatic N) is 6. The van der Waals surface area contributed by atoms with E-state index in [9.17, 15) is 24.3 Å². The van der Waals surface area contributed by atoms with E-state index in [-0.39, 0.29) is 45.9 Å². The number of aromatic nitrogens is 4. The molecule has 0 aliphatic carbocycles. The highest BCUT2D eigenvalue weighted by atomic mass is 32.2. The van der Waals surface area contributed by atoms with Crippen LogP contribution in [0.3, 0.4) is 0 Å². The van der Waals surface area contributed by atoms with Gasteiger partial charge < -0.3 is 25.7 Å². The number of β-lactam (4-membered cyclic amide) rings is 1. The van der Waals surface area contributed by atoms with Crippen LogP contribution in [0.1, 0.15) is 16.3 Å². The van der Waals surface area contributed by atoms with E-state index >= 15 is 0 Å². The van der Waals surface area contributed by atoms with Crippen LogP contribution in [0.25, 0.3) is 0 Å². The maximum atomic E-state index is 13.1. The minimum atomic E-state index is -1.34. The topological polar surface area (TPSA) is 204 Å². The van der Waals surface area contributed by atoms with Crippen LogP contribution >= 0.6 is 34.9 Å². The van der Waals surface area contributed by atoms with Crippen molar-refractivity contribution < 1.29 is 33.9 Å². The van der Waals surface area contributed by atoms with Crippen LogP contribution in [0, 0.1) is 0 Å². The highest BCUT2D eigenvalue weighted by molar-refractivity contribution is 8.04. The van der Waals surface area contributed by atoms with Crippen LogP contribution in [0.15, 0.2) is 51.1 Å². The van der Waals surface area contributed by atoms with Gasteiger partial charge in [-0.3, -0.25) is 19.1 Å². The molecule has 2 amide bonds. The number of anilines is 1. The molecule has 2 aromatic heterocycles. The number of allylic oxidation sites excluding steroid dienone is 2. The second-order valence-corrected chi connectivity index (χ2v) is 10.9. The van der Waals surface area contributed by atoms with E-state index in [0.29, 0.717) is 10.1 Å². The molecule has 2 aliphatic rings. The van der Waals surface area contributed by atoms with Crippen molar-refractivity contribution in [2.24, 2.45) is 5.16 Å². The third kappa shape index (κ3) is 5.32. The molecule has 15 nitrogen and oxygen atoms in total. The Kier molecular flexibility index (Phi) is 8.60. The molecule has 1 fully saturated rings. The smallest absolute Gasteiger partial charge is 0.376 e. The predicted molar refractivity (Wildman–Crippen MR) is 146 cm³/mol. The van der Waals surface area contributed by atoms with Crippen LogP contribution < -0.4 is 11.1 Å². The Bertz CT molecular complexity index is 1480. The summed E-state index contributed by atoms with van der Waals surface area (Å²) >= 11 is 3.33. The molecule has 4 heterocycles. The van der Waals surface area contributed by atoms with Gasteiger partial charge in [0.15, 0.2) is 16.0 Å². The highest BCUT2D eigenvalue weighted by Gasteiger charge is 2.55. The summed E-state index contributed by atoms with van der Waals surface area (Å²) in [7, 11) is 2.46. The largest absolute Gasteiger partial charge is 0.477 e. The molecule has 18 heteroatoms. The molecular formula is C22H22N8O7S3. The number of hydrogen-bond acceptors (Lipinski definition) is 14. The predicted octanol–water partition coefficient (Wildman–Crippen LogP) is 0.685. The first kappa shape index (κ1) is 28.8. The monoisotopic (exact) mass is 606 g/mol. The van der Waals surface area contributed by atoms with Crippen LogP contribution in [-0.2, 0) is 30.5 Å². The van der Waals surface area contributed by atoms with Crippen LogP contribution in [0.2, 0.25) is 0 Å². The maximum absolute atomic E-state index is 13.1. The normalized spacial score (nSPS) is 18.6. The summed E-state index contributed by atoms with van der Waals surface area (Å²) in [5.74, 6) is -3.40. The number of rotatable bonds is 11. The third-order valence-corrected chi connectivity index (χ3v) is 8.49. The first-order valence-electron chi connectivity index (χ1n) is 11.2. The number of carbonyl (C=O) groups is 4. The lowest BCUT2D eigenvalue weighted by Crippen LogP contribution is -2.70. The van der Waals surface area contributed by atoms with Crippen molar-refractivity contribution in [3.05, 3.63) is 52.3 Å². The molecule has 0 spiro atoms. The summed E-state index contributed by atoms with van der Waals surface area (Å²) in [4.78, 5) is 60.7. The van der Waals surface area contributed by atoms with Crippen LogP contribution in [0.5, 0.6) is 0 Å². The fourth-order valence-electron chi connectivity index (χ4n) is 3.80. The van der Waals surface area contributed by atoms with Crippen molar-refractivity contribution in [1.82, 2.24) is 30.0 Å². The second kappa shape index (κ2) is 11.9. The number of amides is 2. The van der Waals surface area contributed by atoms with Gasteiger partial charge in [0.25, 0.3) is 11.8 Å². The first-order valence-corrected chi connectivity index (χ1v) is 13.9. The lowest BCUT2D eigenvalue weighted by Gasteiger charge is -2.49. The molecule has 210 valence electrons. The van der Waals surface area contributed by atoms with E-state index in [1.165, 1.54) is 24.2 Å². The molecule has 40 heavy (non-hydrogen) atoms. The van der Waals surface area contributed by atoms with E-state index in [2.05, 4.69) is 38.8 Å². The number of methoxy groups -OCH3 is 1. The molecule has 0 bridgehead atoms. The Morgan fingerprint density at radius 3 is 2.70 bits per heavy atom. The number of nitrogens with two attached hydrogens (primary N) is 1. The summed E-state index contributed by atoms with van der Waals surface area (Å²) in [5, 5.41) is 25.4. The van der Waals surface area contributed by atoms with Gasteiger partial charge in [0.05, 0.1) is 7.11 Å². The van der Waals surface area contributed by atoms with Crippen molar-refractivity contribution in [3.8, 4) is 0 Å². The Balaban J connectivity index is 1.55. The van der Waals surface area contributed by atoms with Crippen molar-refractivity contribution in [1.29, 1.82) is 0 Å². The molecule has 2 aromatic rings. The quantitative estimate of drug-likeness (QED) is 0.0805. The number of fused-ring (bicyclic) bond motifs is 1. The molecule has 0 unspecified atom stereocenters. The zero-order valence-electron chi connectivity index (χ0n) is 21.0. The Morgan fingerprint density at radius 2 is 2.10 bits per heavy atom. The number of hydrogen-bond donors (Lipinski definition) is 3. The molecule has 2 aliphatic heterocycles. The Hall–Kier alpha value is -4.16. The number of oxime groups is 1. The summed E-state index contributed by atoms with van der Waals surface area (Å²) in [6, 6.07) is -1.06. The van der Waals surface area contributed by atoms with Crippen molar-refractivity contribution in [2.75, 3.05) is 25.7 Å². The number of ether oxygens (including phenoxy) is 1. The van der Waals surface area contributed by atoms with Gasteiger partial charge in [-0.05, 0) is 0 Å². The van der Waals surface area contributed by atoms with Crippen molar-refractivity contribution in [3.63, 3.8) is 0 Å². The van der Waals surface area contributed by atoms with Gasteiger partial charge >= 0.3 is 11.9 Å². The molecular weight excluding hydrogens is 584 g/mol. The number of esters is 1. The first-order chi connectivity index (χ1) is 19.1. The van der Waals surface area contributed by atoms with E-state index in [1.54, 1.807) is 6.08 Å². The number of aliphatic carboxylic acids is 1. The van der Waals surface area contributed by atoms with E-state index < -0.39 is 35.2 Å². The minimum absolute atomic E-state index is 0.0394. The van der Waals surface area contributed by atoms with Crippen molar-refractivity contribution >= 4 is 69.5 Å². The number of carbonyl (C=O) groups excluding carboxylic acids is 3. The lowest BCUT2D eigenvalue weighted by atomic mass is 10.0. The van der Waals surface area contributed by atoms with Crippen LogP contribution in [0.4, 0.5) is 5.13 Å². The number of carboxylic acid groups (broad SMARTS) is 1. The number of carboxylic acids is 1. The summed E-state index contributed by atoms with van der Waals surface area (Å²) in [5.41, 5.74) is 5.64. The molecule has 1 saturated heterocycles. The Morgan fingerprint density at radius 1 is 1.35 bits per heavy atom. The van der Waals surface area contributed by atoms with Gasteiger partial charge in [0, 0.05) is 28.2 Å². The molecule has 4 rings (SSSR count). The van der Waals surface area contributed by atoms with E-state index in [4.69, 9.17) is 15.3 Å². The van der Waals surface area contributed by atoms with Crippen LogP contribution in [-0.4, -0.2) is 90.6 Å². The maximum Gasteiger partial charge on any atom is 0.376 e. The molecule has 2 atom stereocenters. The van der Waals surface area contributed by atoms with Gasteiger partial charge in [-0.25, -0.2) is 14.6 Å². The van der Waals surface area contributed by atoms with Gasteiger partial charge in [0.2, 0.25) is 5.82 Å².